The first-order valence-corrected chi connectivity index (χ1v) is 2.51. The molecule has 0 atom stereocenters. The van der Waals surface area contributed by atoms with Gasteiger partial charge in [0.05, 0.1) is 0 Å². The van der Waals surface area contributed by atoms with Crippen molar-refractivity contribution in [1.82, 2.24) is 0 Å². The number of benzene rings is 1. The van der Waals surface area contributed by atoms with E-state index >= 15 is 0 Å². The van der Waals surface area contributed by atoms with Crippen molar-refractivity contribution in [1.29, 1.82) is 0 Å². The lowest BCUT2D eigenvalue weighted by atomic mass is 10.3. The molecule has 56 valence electrons. The fraction of sp³-hybridized carbons (Fsp3) is 0. The highest BCUT2D eigenvalue weighted by Gasteiger charge is 1.72. The minimum Gasteiger partial charge on any atom is -0.399 e. The largest absolute Gasteiger partial charge is 0.399 e. The van der Waals surface area contributed by atoms with Gasteiger partial charge in [0.25, 0.3) is 0 Å². The van der Waals surface area contributed by atoms with Gasteiger partial charge < -0.3 is 5.73 Å². The predicted octanol–water partition coefficient (Wildman–Crippen LogP) is 2.04. The summed E-state index contributed by atoms with van der Waals surface area (Å²) in [7, 11) is 0. The summed E-state index contributed by atoms with van der Waals surface area (Å²) in [6, 6.07) is 9.49. The summed E-state index contributed by atoms with van der Waals surface area (Å²) in [5.41, 5.74) is 6.18. The van der Waals surface area contributed by atoms with Crippen LogP contribution in [0.4, 0.5) is 14.7 Å². The third-order valence-electron chi connectivity index (χ3n) is 0.800. The molecule has 2 nitrogen and oxygen atoms in total. The normalized spacial score (nSPS) is 7.80. The second kappa shape index (κ2) is 5.97. The van der Waals surface area contributed by atoms with Crippen LogP contribution in [0.1, 0.15) is 0 Å². The Morgan fingerprint density at radius 3 is 1.70 bits per heavy atom. The summed E-state index contributed by atoms with van der Waals surface area (Å²) < 4.78 is 18.2. The molecule has 2 N–H and O–H groups in total. The highest BCUT2D eigenvalue weighted by molar-refractivity contribution is 5.35. The van der Waals surface area contributed by atoms with E-state index < -0.39 is 0 Å². The third kappa shape index (κ3) is 4.99. The van der Waals surface area contributed by atoms with E-state index in [4.69, 9.17) is 14.8 Å². The average molecular weight is 147 g/mol. The molecule has 0 heterocycles. The predicted molar refractivity (Wildman–Crippen MR) is 34.2 cm³/mol. The van der Waals surface area contributed by atoms with Crippen molar-refractivity contribution in [3.05, 3.63) is 30.3 Å². The molecule has 0 aliphatic carbocycles. The zero-order chi connectivity index (χ0) is 7.82. The number of nitrogen functional groups attached to an aromatic ring is 1. The Bertz CT molecular complexity index is 157. The summed E-state index contributed by atoms with van der Waals surface area (Å²) in [4.78, 5) is 0. The second-order valence-corrected chi connectivity index (χ2v) is 1.47. The number of halogens is 2. The molecule has 0 aliphatic heterocycles. The molecule has 0 saturated carbocycles. The maximum Gasteiger partial charge on any atom is 0.0313 e. The zero-order valence-electron chi connectivity index (χ0n) is 5.13. The van der Waals surface area contributed by atoms with Crippen LogP contribution in [0.2, 0.25) is 0 Å². The van der Waals surface area contributed by atoms with Gasteiger partial charge in [-0.3, -0.25) is 0 Å². The van der Waals surface area contributed by atoms with E-state index in [2.05, 4.69) is 0 Å². The first-order chi connectivity index (χ1) is 4.81. The Balaban J connectivity index is 0.000000236. The van der Waals surface area contributed by atoms with Gasteiger partial charge in [-0.05, 0) is 21.2 Å². The van der Waals surface area contributed by atoms with Crippen LogP contribution in [0.3, 0.4) is 0 Å². The highest BCUT2D eigenvalue weighted by atomic mass is 19.6. The Morgan fingerprint density at radius 2 is 1.50 bits per heavy atom. The van der Waals surface area contributed by atoms with Gasteiger partial charge in [0.2, 0.25) is 0 Å². The minimum absolute atomic E-state index is 0.822. The van der Waals surface area contributed by atoms with E-state index in [1.807, 2.05) is 30.3 Å². The van der Waals surface area contributed by atoms with E-state index in [-0.39, 0.29) is 0 Å². The Kier molecular flexibility index (Phi) is 5.28. The van der Waals surface area contributed by atoms with Gasteiger partial charge in [-0.2, -0.15) is 0 Å². The maximum absolute atomic E-state index is 9.12. The highest BCUT2D eigenvalue weighted by Crippen LogP contribution is 1.95. The van der Waals surface area contributed by atoms with Crippen LogP contribution in [-0.4, -0.2) is 0 Å². The van der Waals surface area contributed by atoms with Crippen LogP contribution in [0.15, 0.2) is 30.3 Å². The lowest BCUT2D eigenvalue weighted by Crippen LogP contribution is -1.79. The van der Waals surface area contributed by atoms with Gasteiger partial charge in [-0.25, -0.2) is 0 Å². The number of hydrogen-bond acceptors (Lipinski definition) is 2. The van der Waals surface area contributed by atoms with Crippen LogP contribution < -0.4 is 5.73 Å². The molecule has 0 amide bonds. The van der Waals surface area contributed by atoms with E-state index in [1.54, 1.807) is 0 Å². The summed E-state index contributed by atoms with van der Waals surface area (Å²) in [6.45, 7) is 0. The van der Waals surface area contributed by atoms with Crippen molar-refractivity contribution in [3.63, 3.8) is 0 Å². The number of rotatable bonds is 0. The molecule has 0 bridgehead atoms. The van der Waals surface area contributed by atoms with Crippen molar-refractivity contribution in [2.45, 2.75) is 0 Å². The molecule has 10 heavy (non-hydrogen) atoms. The summed E-state index contributed by atoms with van der Waals surface area (Å²) in [5.74, 6) is 0. The molecule has 4 heteroatoms. The standard InChI is InChI=1S/C6H7N.F2O/c7-6-4-2-1-3-5-6;1-3-2/h1-5H,7H2;. The molecule has 0 aromatic heterocycles. The Morgan fingerprint density at radius 1 is 1.10 bits per heavy atom. The molecule has 0 aliphatic rings. The smallest absolute Gasteiger partial charge is 0.0313 e. The number of hydrogen-bond donors (Lipinski definition) is 1. The van der Waals surface area contributed by atoms with Crippen LogP contribution in [0.25, 0.3) is 0 Å². The van der Waals surface area contributed by atoms with Gasteiger partial charge in [-0.15, -0.1) is 0 Å². The van der Waals surface area contributed by atoms with Crippen LogP contribution in [-0.2, 0) is 5.15 Å². The zero-order valence-corrected chi connectivity index (χ0v) is 5.13. The second-order valence-electron chi connectivity index (χ2n) is 1.47. The lowest BCUT2D eigenvalue weighted by Gasteiger charge is -1.83. The Labute approximate surface area is 57.0 Å². The average Bonchev–Trinajstić information content (AvgIpc) is 1.91. The minimum atomic E-state index is 0.822. The van der Waals surface area contributed by atoms with Crippen molar-refractivity contribution in [2.75, 3.05) is 5.73 Å². The van der Waals surface area contributed by atoms with Gasteiger partial charge in [0.1, 0.15) is 0 Å². The molecule has 1 aromatic rings. The first-order valence-electron chi connectivity index (χ1n) is 2.51. The van der Waals surface area contributed by atoms with Gasteiger partial charge in [-0.1, -0.05) is 18.2 Å². The molecule has 0 radical (unpaired) electrons. The summed E-state index contributed by atoms with van der Waals surface area (Å²) in [5, 5.41) is 1.25. The van der Waals surface area contributed by atoms with Crippen molar-refractivity contribution < 1.29 is 14.2 Å². The molecule has 0 saturated heterocycles. The Hall–Kier alpha value is -1.16. The SMILES string of the molecule is FOF.Nc1ccccc1. The monoisotopic (exact) mass is 147 g/mol. The van der Waals surface area contributed by atoms with Crippen molar-refractivity contribution in [3.8, 4) is 0 Å². The molecular weight excluding hydrogens is 140 g/mol. The van der Waals surface area contributed by atoms with E-state index in [1.165, 1.54) is 5.15 Å². The first kappa shape index (κ1) is 8.84. The number of nitrogens with two attached hydrogens (primary N) is 1. The van der Waals surface area contributed by atoms with Crippen LogP contribution in [0.5, 0.6) is 0 Å². The molecule has 0 unspecified atom stereocenters. The van der Waals surface area contributed by atoms with Crippen LogP contribution >= 0.6 is 0 Å². The van der Waals surface area contributed by atoms with Gasteiger partial charge >= 0.3 is 0 Å². The quantitative estimate of drug-likeness (QED) is 0.570. The fourth-order valence-corrected chi connectivity index (χ4v) is 0.453. The molecule has 0 fully saturated rings. The van der Waals surface area contributed by atoms with Crippen molar-refractivity contribution >= 4 is 5.69 Å². The van der Waals surface area contributed by atoms with Crippen LogP contribution in [0, 0.1) is 0 Å². The maximum atomic E-state index is 9.12. The summed E-state index contributed by atoms with van der Waals surface area (Å²) >= 11 is 0. The number of para-hydroxylation sites is 1. The van der Waals surface area contributed by atoms with Crippen molar-refractivity contribution in [2.24, 2.45) is 0 Å². The molecule has 1 aromatic carbocycles. The molecule has 0 spiro atoms. The van der Waals surface area contributed by atoms with E-state index in [9.17, 15) is 0 Å². The topological polar surface area (TPSA) is 35.2 Å². The lowest BCUT2D eigenvalue weighted by molar-refractivity contribution is -0.317. The van der Waals surface area contributed by atoms with Gasteiger partial charge in [0.15, 0.2) is 0 Å². The third-order valence-corrected chi connectivity index (χ3v) is 0.800. The van der Waals surface area contributed by atoms with E-state index in [0.29, 0.717) is 0 Å². The van der Waals surface area contributed by atoms with E-state index in [0.717, 1.165) is 5.69 Å². The molecule has 1 rings (SSSR count). The summed E-state index contributed by atoms with van der Waals surface area (Å²) in [6.07, 6.45) is 0. The molecular formula is C6H7F2NO. The number of anilines is 1. The fourth-order valence-electron chi connectivity index (χ4n) is 0.453. The van der Waals surface area contributed by atoms with Gasteiger partial charge in [0, 0.05) is 10.8 Å².